The molecule has 0 aromatic heterocycles. The second-order valence-electron chi connectivity index (χ2n) is 4.35. The second kappa shape index (κ2) is 8.16. The van der Waals surface area contributed by atoms with E-state index in [1.165, 1.54) is 0 Å². The third kappa shape index (κ3) is 4.70. The first-order chi connectivity index (χ1) is 8.69. The van der Waals surface area contributed by atoms with Crippen LogP contribution < -0.4 is 11.1 Å². The maximum Gasteiger partial charge on any atom is 0.251 e. The molecule has 0 spiro atoms. The summed E-state index contributed by atoms with van der Waals surface area (Å²) < 4.78 is 0. The van der Waals surface area contributed by atoms with Gasteiger partial charge in [-0.2, -0.15) is 11.8 Å². The quantitative estimate of drug-likeness (QED) is 0.794. The van der Waals surface area contributed by atoms with Crippen LogP contribution in [-0.2, 0) is 6.42 Å². The summed E-state index contributed by atoms with van der Waals surface area (Å²) in [4.78, 5) is 12.2. The lowest BCUT2D eigenvalue weighted by molar-refractivity contribution is 0.0938. The van der Waals surface area contributed by atoms with Crippen molar-refractivity contribution in [1.29, 1.82) is 0 Å². The van der Waals surface area contributed by atoms with Crippen LogP contribution in [0.5, 0.6) is 0 Å². The zero-order valence-electron chi connectivity index (χ0n) is 11.1. The highest BCUT2D eigenvalue weighted by molar-refractivity contribution is 7.98. The minimum atomic E-state index is 0.00709. The van der Waals surface area contributed by atoms with E-state index in [9.17, 15) is 4.79 Å². The molecule has 0 saturated carbocycles. The molecule has 0 aliphatic rings. The molecule has 1 unspecified atom stereocenters. The smallest absolute Gasteiger partial charge is 0.251 e. The van der Waals surface area contributed by atoms with Gasteiger partial charge in [0.15, 0.2) is 0 Å². The van der Waals surface area contributed by atoms with Crippen LogP contribution in [0.2, 0.25) is 0 Å². The van der Waals surface area contributed by atoms with Gasteiger partial charge in [-0.1, -0.05) is 18.2 Å². The Morgan fingerprint density at radius 1 is 1.44 bits per heavy atom. The average Bonchev–Trinajstić information content (AvgIpc) is 2.37. The Kier molecular flexibility index (Phi) is 6.83. The first kappa shape index (κ1) is 15.1. The number of hydrogen-bond acceptors (Lipinski definition) is 3. The van der Waals surface area contributed by atoms with E-state index in [1.54, 1.807) is 11.8 Å². The number of amides is 1. The monoisotopic (exact) mass is 266 g/mol. The molecular weight excluding hydrogens is 244 g/mol. The summed E-state index contributed by atoms with van der Waals surface area (Å²) in [5.41, 5.74) is 7.33. The molecule has 0 aliphatic carbocycles. The lowest BCUT2D eigenvalue weighted by Gasteiger charge is -2.15. The number of thioether (sulfide) groups is 1. The summed E-state index contributed by atoms with van der Waals surface area (Å²) in [7, 11) is 0. The lowest BCUT2D eigenvalue weighted by atomic mass is 10.0. The Bertz CT molecular complexity index is 382. The highest BCUT2D eigenvalue weighted by Crippen LogP contribution is 2.10. The van der Waals surface area contributed by atoms with Crippen LogP contribution in [0.1, 0.15) is 29.3 Å². The molecule has 0 heterocycles. The van der Waals surface area contributed by atoms with Crippen molar-refractivity contribution in [1.82, 2.24) is 5.32 Å². The van der Waals surface area contributed by atoms with E-state index in [0.29, 0.717) is 6.54 Å². The highest BCUT2D eigenvalue weighted by atomic mass is 32.2. The number of nitrogens with two attached hydrogens (primary N) is 1. The molecule has 0 saturated heterocycles. The van der Waals surface area contributed by atoms with Crippen molar-refractivity contribution >= 4 is 17.7 Å². The molecule has 4 heteroatoms. The fourth-order valence-electron chi connectivity index (χ4n) is 1.78. The number of carbonyl (C=O) groups is 1. The number of hydrogen-bond donors (Lipinski definition) is 2. The van der Waals surface area contributed by atoms with E-state index >= 15 is 0 Å². The molecular formula is C14H22N2OS. The van der Waals surface area contributed by atoms with Gasteiger partial charge >= 0.3 is 0 Å². The molecule has 1 aromatic carbocycles. The van der Waals surface area contributed by atoms with Gasteiger partial charge in [0.2, 0.25) is 0 Å². The molecule has 3 nitrogen and oxygen atoms in total. The van der Waals surface area contributed by atoms with Gasteiger partial charge in [0.1, 0.15) is 0 Å². The average molecular weight is 266 g/mol. The van der Waals surface area contributed by atoms with Gasteiger partial charge in [-0.15, -0.1) is 0 Å². The van der Waals surface area contributed by atoms with Crippen molar-refractivity contribution in [3.8, 4) is 0 Å². The standard InChI is InChI=1S/C14H22N2OS/c1-11(8-10-18-2)16-14(17)13-6-4-3-5-12(13)7-9-15/h3-6,11H,7-10,15H2,1-2H3,(H,16,17). The third-order valence-corrected chi connectivity index (χ3v) is 3.45. The topological polar surface area (TPSA) is 55.1 Å². The number of benzene rings is 1. The summed E-state index contributed by atoms with van der Waals surface area (Å²) >= 11 is 1.80. The molecule has 0 bridgehead atoms. The molecule has 1 amide bonds. The third-order valence-electron chi connectivity index (χ3n) is 2.81. The second-order valence-corrected chi connectivity index (χ2v) is 5.34. The van der Waals surface area contributed by atoms with Crippen molar-refractivity contribution in [3.63, 3.8) is 0 Å². The molecule has 100 valence electrons. The Labute approximate surface area is 114 Å². The lowest BCUT2D eigenvalue weighted by Crippen LogP contribution is -2.33. The maximum atomic E-state index is 12.2. The van der Waals surface area contributed by atoms with Gasteiger partial charge in [-0.05, 0) is 49.9 Å². The minimum absolute atomic E-state index is 0.00709. The fraction of sp³-hybridized carbons (Fsp3) is 0.500. The number of rotatable bonds is 7. The zero-order valence-corrected chi connectivity index (χ0v) is 11.9. The first-order valence-electron chi connectivity index (χ1n) is 6.26. The van der Waals surface area contributed by atoms with Gasteiger partial charge in [-0.25, -0.2) is 0 Å². The molecule has 1 aromatic rings. The van der Waals surface area contributed by atoms with Crippen LogP contribution in [0.3, 0.4) is 0 Å². The van der Waals surface area contributed by atoms with Crippen molar-refractivity contribution in [3.05, 3.63) is 35.4 Å². The van der Waals surface area contributed by atoms with Crippen molar-refractivity contribution in [2.75, 3.05) is 18.6 Å². The van der Waals surface area contributed by atoms with E-state index in [1.807, 2.05) is 31.2 Å². The normalized spacial score (nSPS) is 12.2. The van der Waals surface area contributed by atoms with E-state index < -0.39 is 0 Å². The fourth-order valence-corrected chi connectivity index (χ4v) is 2.37. The van der Waals surface area contributed by atoms with Crippen molar-refractivity contribution in [2.24, 2.45) is 5.73 Å². The summed E-state index contributed by atoms with van der Waals surface area (Å²) in [6, 6.07) is 7.87. The van der Waals surface area contributed by atoms with Gasteiger partial charge in [0, 0.05) is 11.6 Å². The minimum Gasteiger partial charge on any atom is -0.350 e. The van der Waals surface area contributed by atoms with Gasteiger partial charge in [0.25, 0.3) is 5.91 Å². The van der Waals surface area contributed by atoms with Crippen LogP contribution in [0, 0.1) is 0 Å². The van der Waals surface area contributed by atoms with Gasteiger partial charge in [-0.3, -0.25) is 4.79 Å². The summed E-state index contributed by atoms with van der Waals surface area (Å²) in [6.07, 6.45) is 3.81. The number of nitrogens with one attached hydrogen (secondary N) is 1. The predicted molar refractivity (Wildman–Crippen MR) is 79.1 cm³/mol. The molecule has 0 aliphatic heterocycles. The van der Waals surface area contributed by atoms with Crippen LogP contribution in [-0.4, -0.2) is 30.5 Å². The molecule has 3 N–H and O–H groups in total. The van der Waals surface area contributed by atoms with E-state index in [4.69, 9.17) is 5.73 Å². The molecule has 18 heavy (non-hydrogen) atoms. The zero-order chi connectivity index (χ0) is 13.4. The Morgan fingerprint density at radius 2 is 2.17 bits per heavy atom. The predicted octanol–water partition coefficient (Wildman–Crippen LogP) is 2.06. The largest absolute Gasteiger partial charge is 0.350 e. The number of carbonyl (C=O) groups excluding carboxylic acids is 1. The van der Waals surface area contributed by atoms with Crippen LogP contribution in [0.25, 0.3) is 0 Å². The molecule has 0 fully saturated rings. The Balaban J connectivity index is 2.65. The van der Waals surface area contributed by atoms with Crippen molar-refractivity contribution in [2.45, 2.75) is 25.8 Å². The molecule has 0 radical (unpaired) electrons. The summed E-state index contributed by atoms with van der Waals surface area (Å²) in [6.45, 7) is 2.60. The first-order valence-corrected chi connectivity index (χ1v) is 7.66. The molecule has 1 rings (SSSR count). The molecule has 1 atom stereocenters. The summed E-state index contributed by atoms with van der Waals surface area (Å²) in [5, 5.41) is 3.04. The van der Waals surface area contributed by atoms with Crippen molar-refractivity contribution < 1.29 is 4.79 Å². The summed E-state index contributed by atoms with van der Waals surface area (Å²) in [5.74, 6) is 1.07. The van der Waals surface area contributed by atoms with Gasteiger partial charge < -0.3 is 11.1 Å². The van der Waals surface area contributed by atoms with Crippen LogP contribution in [0.4, 0.5) is 0 Å². The van der Waals surface area contributed by atoms with Crippen LogP contribution in [0.15, 0.2) is 24.3 Å². The Hall–Kier alpha value is -1.00. The Morgan fingerprint density at radius 3 is 2.83 bits per heavy atom. The van der Waals surface area contributed by atoms with E-state index in [0.717, 1.165) is 29.7 Å². The van der Waals surface area contributed by atoms with E-state index in [2.05, 4.69) is 11.6 Å². The van der Waals surface area contributed by atoms with Gasteiger partial charge in [0.05, 0.1) is 0 Å². The maximum absolute atomic E-state index is 12.2. The van der Waals surface area contributed by atoms with E-state index in [-0.39, 0.29) is 11.9 Å². The SMILES string of the molecule is CSCCC(C)NC(=O)c1ccccc1CCN. The van der Waals surface area contributed by atoms with Crippen LogP contribution >= 0.6 is 11.8 Å². The highest BCUT2D eigenvalue weighted by Gasteiger charge is 2.12.